The summed E-state index contributed by atoms with van der Waals surface area (Å²) in [7, 11) is 0. The zero-order valence-electron chi connectivity index (χ0n) is 13.4. The topological polar surface area (TPSA) is 15.8 Å². The van der Waals surface area contributed by atoms with Crippen LogP contribution in [0.2, 0.25) is 0 Å². The van der Waals surface area contributed by atoms with Gasteiger partial charge in [-0.1, -0.05) is 65.8 Å². The summed E-state index contributed by atoms with van der Waals surface area (Å²) in [5.74, 6) is 0. The van der Waals surface area contributed by atoms with E-state index in [1.807, 2.05) is 27.7 Å². The van der Waals surface area contributed by atoms with Gasteiger partial charge < -0.3 is 4.98 Å². The SMILES string of the molecule is C=C(CCC)c1c(C)[nH]c2ccccc12.CC.CC. The van der Waals surface area contributed by atoms with Gasteiger partial charge in [-0.05, 0) is 25.0 Å². The van der Waals surface area contributed by atoms with E-state index < -0.39 is 0 Å². The summed E-state index contributed by atoms with van der Waals surface area (Å²) in [6, 6.07) is 8.42. The van der Waals surface area contributed by atoms with Crippen molar-refractivity contribution in [1.29, 1.82) is 0 Å². The number of allylic oxidation sites excluding steroid dienone is 1. The normalized spacial score (nSPS) is 9.16. The van der Waals surface area contributed by atoms with Crippen LogP contribution >= 0.6 is 0 Å². The Bertz CT molecular complexity index is 491. The molecule has 1 heterocycles. The fourth-order valence-corrected chi connectivity index (χ4v) is 2.16. The first-order valence-corrected chi connectivity index (χ1v) is 7.49. The zero-order valence-corrected chi connectivity index (χ0v) is 13.4. The van der Waals surface area contributed by atoms with E-state index in [9.17, 15) is 0 Å². The maximum absolute atomic E-state index is 4.18. The molecule has 0 aliphatic carbocycles. The second kappa shape index (κ2) is 9.43. The van der Waals surface area contributed by atoms with Crippen LogP contribution in [0.1, 0.15) is 58.7 Å². The third kappa shape index (κ3) is 4.27. The Hall–Kier alpha value is -1.50. The van der Waals surface area contributed by atoms with Crippen LogP contribution in [-0.4, -0.2) is 4.98 Å². The molecule has 0 bridgehead atoms. The van der Waals surface area contributed by atoms with Crippen molar-refractivity contribution in [3.05, 3.63) is 42.1 Å². The highest BCUT2D eigenvalue weighted by Crippen LogP contribution is 2.29. The van der Waals surface area contributed by atoms with Crippen molar-refractivity contribution in [1.82, 2.24) is 4.98 Å². The van der Waals surface area contributed by atoms with Crippen LogP contribution in [0.15, 0.2) is 30.8 Å². The predicted molar refractivity (Wildman–Crippen MR) is 89.7 cm³/mol. The fraction of sp³-hybridized carbons (Fsp3) is 0.444. The van der Waals surface area contributed by atoms with Crippen LogP contribution in [0.4, 0.5) is 0 Å². The first-order valence-electron chi connectivity index (χ1n) is 7.49. The fourth-order valence-electron chi connectivity index (χ4n) is 2.16. The minimum atomic E-state index is 1.07. The van der Waals surface area contributed by atoms with Crippen molar-refractivity contribution >= 4 is 16.5 Å². The van der Waals surface area contributed by atoms with E-state index in [0.717, 1.165) is 12.8 Å². The van der Waals surface area contributed by atoms with Crippen molar-refractivity contribution in [2.75, 3.05) is 0 Å². The second-order valence-corrected chi connectivity index (χ2v) is 4.02. The van der Waals surface area contributed by atoms with E-state index in [2.05, 4.69) is 49.7 Å². The molecule has 0 aliphatic heterocycles. The third-order valence-corrected chi connectivity index (χ3v) is 2.80. The van der Waals surface area contributed by atoms with Crippen molar-refractivity contribution in [2.45, 2.75) is 54.4 Å². The largest absolute Gasteiger partial charge is 0.358 e. The van der Waals surface area contributed by atoms with E-state index in [1.54, 1.807) is 0 Å². The van der Waals surface area contributed by atoms with E-state index in [-0.39, 0.29) is 0 Å². The Balaban J connectivity index is 0.000000741. The van der Waals surface area contributed by atoms with Gasteiger partial charge in [-0.25, -0.2) is 0 Å². The molecule has 0 saturated heterocycles. The van der Waals surface area contributed by atoms with Gasteiger partial charge in [0, 0.05) is 22.2 Å². The summed E-state index contributed by atoms with van der Waals surface area (Å²) in [4.78, 5) is 3.41. The summed E-state index contributed by atoms with van der Waals surface area (Å²) in [6.45, 7) is 16.5. The number of H-pyrrole nitrogens is 1. The smallest absolute Gasteiger partial charge is 0.0462 e. The van der Waals surface area contributed by atoms with Gasteiger partial charge in [-0.2, -0.15) is 0 Å². The zero-order chi connectivity index (χ0) is 14.8. The van der Waals surface area contributed by atoms with Gasteiger partial charge in [0.2, 0.25) is 0 Å². The summed E-state index contributed by atoms with van der Waals surface area (Å²) in [6.07, 6.45) is 2.22. The maximum atomic E-state index is 4.18. The number of aromatic amines is 1. The molecule has 2 rings (SSSR count). The molecule has 0 fully saturated rings. The lowest BCUT2D eigenvalue weighted by Crippen LogP contribution is -1.84. The molecule has 0 atom stereocenters. The van der Waals surface area contributed by atoms with Gasteiger partial charge in [-0.15, -0.1) is 0 Å². The molecule has 0 unspecified atom stereocenters. The number of aromatic nitrogens is 1. The highest BCUT2D eigenvalue weighted by molar-refractivity contribution is 5.93. The lowest BCUT2D eigenvalue weighted by Gasteiger charge is -2.03. The highest BCUT2D eigenvalue weighted by Gasteiger charge is 2.09. The predicted octanol–water partition coefficient (Wildman–Crippen LogP) is 6.34. The number of benzene rings is 1. The molecular formula is C18H29N. The maximum Gasteiger partial charge on any atom is 0.0462 e. The average Bonchev–Trinajstić information content (AvgIpc) is 2.79. The highest BCUT2D eigenvalue weighted by atomic mass is 14.7. The Morgan fingerprint density at radius 3 is 2.26 bits per heavy atom. The molecular weight excluding hydrogens is 230 g/mol. The number of aryl methyl sites for hydroxylation is 1. The van der Waals surface area contributed by atoms with Crippen molar-refractivity contribution in [3.63, 3.8) is 0 Å². The molecule has 1 aromatic heterocycles. The van der Waals surface area contributed by atoms with E-state index in [0.29, 0.717) is 0 Å². The lowest BCUT2D eigenvalue weighted by molar-refractivity contribution is 0.974. The van der Waals surface area contributed by atoms with E-state index in [4.69, 9.17) is 0 Å². The van der Waals surface area contributed by atoms with Crippen LogP contribution in [-0.2, 0) is 0 Å². The standard InChI is InChI=1S/C14H17N.2C2H6/c1-4-7-10(2)14-11(3)15-13-9-6-5-8-12(13)14;2*1-2/h5-6,8-9,15H,2,4,7H2,1,3H3;2*1-2H3. The molecule has 0 radical (unpaired) electrons. The monoisotopic (exact) mass is 259 g/mol. The molecule has 1 nitrogen and oxygen atoms in total. The van der Waals surface area contributed by atoms with Crippen LogP contribution in [0.25, 0.3) is 16.5 Å². The first-order chi connectivity index (χ1) is 9.24. The Kier molecular flexibility index (Phi) is 8.69. The van der Waals surface area contributed by atoms with Gasteiger partial charge >= 0.3 is 0 Å². The van der Waals surface area contributed by atoms with Crippen LogP contribution in [0.5, 0.6) is 0 Å². The molecule has 0 spiro atoms. The molecule has 106 valence electrons. The van der Waals surface area contributed by atoms with Crippen LogP contribution in [0.3, 0.4) is 0 Å². The molecule has 0 aliphatic rings. The number of nitrogens with one attached hydrogen (secondary N) is 1. The van der Waals surface area contributed by atoms with E-state index >= 15 is 0 Å². The quantitative estimate of drug-likeness (QED) is 0.661. The van der Waals surface area contributed by atoms with Gasteiger partial charge in [0.15, 0.2) is 0 Å². The third-order valence-electron chi connectivity index (χ3n) is 2.80. The van der Waals surface area contributed by atoms with E-state index in [1.165, 1.54) is 27.7 Å². The second-order valence-electron chi connectivity index (χ2n) is 4.02. The lowest BCUT2D eigenvalue weighted by atomic mass is 10.0. The molecule has 1 N–H and O–H groups in total. The van der Waals surface area contributed by atoms with Crippen molar-refractivity contribution in [2.24, 2.45) is 0 Å². The van der Waals surface area contributed by atoms with Crippen molar-refractivity contribution in [3.8, 4) is 0 Å². The molecule has 1 aromatic carbocycles. The first kappa shape index (κ1) is 17.5. The number of hydrogen-bond donors (Lipinski definition) is 1. The molecule has 2 aromatic rings. The van der Waals surface area contributed by atoms with Gasteiger partial charge in [0.1, 0.15) is 0 Å². The number of para-hydroxylation sites is 1. The minimum Gasteiger partial charge on any atom is -0.358 e. The Morgan fingerprint density at radius 2 is 1.68 bits per heavy atom. The van der Waals surface area contributed by atoms with Crippen LogP contribution < -0.4 is 0 Å². The number of hydrogen-bond acceptors (Lipinski definition) is 0. The van der Waals surface area contributed by atoms with Gasteiger partial charge in [-0.3, -0.25) is 0 Å². The minimum absolute atomic E-state index is 1.07. The Labute approximate surface area is 118 Å². The van der Waals surface area contributed by atoms with Gasteiger partial charge in [0.25, 0.3) is 0 Å². The molecule has 0 saturated carbocycles. The summed E-state index contributed by atoms with van der Waals surface area (Å²) < 4.78 is 0. The number of fused-ring (bicyclic) bond motifs is 1. The number of rotatable bonds is 3. The van der Waals surface area contributed by atoms with Gasteiger partial charge in [0.05, 0.1) is 0 Å². The van der Waals surface area contributed by atoms with Crippen LogP contribution in [0, 0.1) is 6.92 Å². The summed E-state index contributed by atoms with van der Waals surface area (Å²) in [5.41, 5.74) is 5.00. The van der Waals surface area contributed by atoms with Crippen molar-refractivity contribution < 1.29 is 0 Å². The molecule has 1 heteroatoms. The summed E-state index contributed by atoms with van der Waals surface area (Å²) in [5, 5.41) is 1.30. The summed E-state index contributed by atoms with van der Waals surface area (Å²) >= 11 is 0. The Morgan fingerprint density at radius 1 is 1.11 bits per heavy atom. The molecule has 19 heavy (non-hydrogen) atoms. The average molecular weight is 259 g/mol. The molecule has 0 amide bonds.